The van der Waals surface area contributed by atoms with Gasteiger partial charge in [0, 0.05) is 6.07 Å². The summed E-state index contributed by atoms with van der Waals surface area (Å²) in [6.45, 7) is -0.480. The zero-order valence-electron chi connectivity index (χ0n) is 12.4. The smallest absolute Gasteiger partial charge is 0.435 e. The van der Waals surface area contributed by atoms with Gasteiger partial charge in [-0.25, -0.2) is 13.9 Å². The highest BCUT2D eigenvalue weighted by atomic mass is 19.4. The summed E-state index contributed by atoms with van der Waals surface area (Å²) in [6.07, 6.45) is -2.23. The lowest BCUT2D eigenvalue weighted by molar-refractivity contribution is -0.141. The van der Waals surface area contributed by atoms with E-state index in [1.54, 1.807) is 6.07 Å². The van der Waals surface area contributed by atoms with Crippen LogP contribution in [0.1, 0.15) is 5.69 Å². The highest BCUT2D eigenvalue weighted by molar-refractivity contribution is 5.91. The molecule has 6 nitrogen and oxygen atoms in total. The molecule has 130 valence electrons. The van der Waals surface area contributed by atoms with E-state index in [4.69, 9.17) is 4.74 Å². The molecule has 10 heteroatoms. The molecule has 0 fully saturated rings. The van der Waals surface area contributed by atoms with Crippen molar-refractivity contribution in [2.75, 3.05) is 11.9 Å². The Bertz CT molecular complexity index is 923. The number of nitrogens with zero attached hydrogens (tertiary/aromatic N) is 3. The topological polar surface area (TPSA) is 68.5 Å². The first-order valence-electron chi connectivity index (χ1n) is 6.93. The molecule has 0 bridgehead atoms. The van der Waals surface area contributed by atoms with Crippen molar-refractivity contribution in [1.82, 2.24) is 14.6 Å². The fourth-order valence-corrected chi connectivity index (χ4v) is 1.98. The Morgan fingerprint density at radius 1 is 1.28 bits per heavy atom. The summed E-state index contributed by atoms with van der Waals surface area (Å²) in [5.74, 6) is -1.34. The van der Waals surface area contributed by atoms with Crippen molar-refractivity contribution < 1.29 is 27.1 Å². The van der Waals surface area contributed by atoms with Gasteiger partial charge in [-0.1, -0.05) is 12.1 Å². The number of aromatic nitrogens is 3. The highest BCUT2D eigenvalue weighted by Gasteiger charge is 2.34. The van der Waals surface area contributed by atoms with Gasteiger partial charge in [0.05, 0.1) is 18.1 Å². The van der Waals surface area contributed by atoms with Crippen LogP contribution in [0, 0.1) is 5.82 Å². The standard InChI is InChI=1S/C15H10F4N4O2/c16-10-3-1-2-4-11(10)25-8-14(24)21-9-6-20-13-5-12(15(17,18)19)22-23(13)7-9/h1-7H,8H2,(H,21,24). The molecule has 2 heterocycles. The van der Waals surface area contributed by atoms with Crippen molar-refractivity contribution in [3.8, 4) is 5.75 Å². The van der Waals surface area contributed by atoms with Gasteiger partial charge in [0.15, 0.2) is 29.5 Å². The van der Waals surface area contributed by atoms with Crippen molar-refractivity contribution in [2.45, 2.75) is 6.18 Å². The number of ether oxygens (including phenoxy) is 1. The van der Waals surface area contributed by atoms with Crippen LogP contribution in [0.25, 0.3) is 5.65 Å². The minimum absolute atomic E-state index is 0.0204. The normalized spacial score (nSPS) is 11.5. The molecule has 0 saturated heterocycles. The maximum atomic E-state index is 13.4. The molecule has 0 radical (unpaired) electrons. The van der Waals surface area contributed by atoms with Crippen molar-refractivity contribution >= 4 is 17.2 Å². The SMILES string of the molecule is O=C(COc1ccccc1F)Nc1cnc2cc(C(F)(F)F)nn2c1. The second kappa shape index (κ2) is 6.38. The lowest BCUT2D eigenvalue weighted by atomic mass is 10.3. The molecule has 1 amide bonds. The minimum atomic E-state index is -4.59. The van der Waals surface area contributed by atoms with E-state index in [1.807, 2.05) is 0 Å². The number of amides is 1. The molecular formula is C15H10F4N4O2. The predicted octanol–water partition coefficient (Wildman–Crippen LogP) is 2.90. The molecule has 25 heavy (non-hydrogen) atoms. The summed E-state index contributed by atoms with van der Waals surface area (Å²) >= 11 is 0. The number of carbonyl (C=O) groups is 1. The van der Waals surface area contributed by atoms with E-state index in [2.05, 4.69) is 15.4 Å². The lowest BCUT2D eigenvalue weighted by Gasteiger charge is -2.08. The number of benzene rings is 1. The minimum Gasteiger partial charge on any atom is -0.481 e. The van der Waals surface area contributed by atoms with Gasteiger partial charge in [-0.3, -0.25) is 4.79 Å². The third-order valence-corrected chi connectivity index (χ3v) is 3.08. The third kappa shape index (κ3) is 3.84. The molecule has 0 atom stereocenters. The van der Waals surface area contributed by atoms with Crippen LogP contribution in [0.5, 0.6) is 5.75 Å². The zero-order chi connectivity index (χ0) is 18.0. The van der Waals surface area contributed by atoms with Gasteiger partial charge in [-0.15, -0.1) is 0 Å². The Hall–Kier alpha value is -3.17. The molecule has 0 aliphatic heterocycles. The van der Waals surface area contributed by atoms with Gasteiger partial charge in [-0.2, -0.15) is 18.3 Å². The summed E-state index contributed by atoms with van der Waals surface area (Å²) in [7, 11) is 0. The monoisotopic (exact) mass is 354 g/mol. The Kier molecular flexibility index (Phi) is 4.26. The molecule has 2 aromatic heterocycles. The summed E-state index contributed by atoms with van der Waals surface area (Å²) in [5, 5.41) is 5.73. The number of carbonyl (C=O) groups excluding carboxylic acids is 1. The van der Waals surface area contributed by atoms with E-state index in [-0.39, 0.29) is 17.1 Å². The summed E-state index contributed by atoms with van der Waals surface area (Å²) in [4.78, 5) is 15.6. The van der Waals surface area contributed by atoms with Gasteiger partial charge in [-0.05, 0) is 12.1 Å². The fraction of sp³-hybridized carbons (Fsp3) is 0.133. The van der Waals surface area contributed by atoms with E-state index in [0.717, 1.165) is 10.6 Å². The van der Waals surface area contributed by atoms with Crippen molar-refractivity contribution in [3.63, 3.8) is 0 Å². The molecule has 0 unspecified atom stereocenters. The Morgan fingerprint density at radius 3 is 2.76 bits per heavy atom. The number of fused-ring (bicyclic) bond motifs is 1. The number of halogens is 4. The van der Waals surface area contributed by atoms with Gasteiger partial charge < -0.3 is 10.1 Å². The molecule has 1 aromatic carbocycles. The second-order valence-corrected chi connectivity index (χ2v) is 4.94. The van der Waals surface area contributed by atoms with Crippen molar-refractivity contribution in [1.29, 1.82) is 0 Å². The van der Waals surface area contributed by atoms with Gasteiger partial charge in [0.1, 0.15) is 0 Å². The average molecular weight is 354 g/mol. The number of anilines is 1. The number of nitrogens with one attached hydrogen (secondary N) is 1. The number of hydrogen-bond acceptors (Lipinski definition) is 4. The maximum absolute atomic E-state index is 13.4. The molecule has 1 N–H and O–H groups in total. The number of alkyl halides is 3. The molecule has 0 aliphatic carbocycles. The fourth-order valence-electron chi connectivity index (χ4n) is 1.98. The van der Waals surface area contributed by atoms with Crippen LogP contribution in [0.3, 0.4) is 0 Å². The Balaban J connectivity index is 1.68. The van der Waals surface area contributed by atoms with Crippen LogP contribution in [0.15, 0.2) is 42.7 Å². The maximum Gasteiger partial charge on any atom is 0.435 e. The van der Waals surface area contributed by atoms with Crippen LogP contribution in [-0.4, -0.2) is 27.1 Å². The molecule has 0 saturated carbocycles. The lowest BCUT2D eigenvalue weighted by Crippen LogP contribution is -2.20. The number of rotatable bonds is 4. The quantitative estimate of drug-likeness (QED) is 0.732. The molecule has 0 aliphatic rings. The molecule has 3 aromatic rings. The van der Waals surface area contributed by atoms with Gasteiger partial charge in [0.2, 0.25) is 0 Å². The van der Waals surface area contributed by atoms with Gasteiger partial charge >= 0.3 is 6.18 Å². The van der Waals surface area contributed by atoms with Crippen LogP contribution >= 0.6 is 0 Å². The van der Waals surface area contributed by atoms with Crippen LogP contribution < -0.4 is 10.1 Å². The Morgan fingerprint density at radius 2 is 2.04 bits per heavy atom. The first kappa shape index (κ1) is 16.7. The van der Waals surface area contributed by atoms with Crippen LogP contribution in [0.2, 0.25) is 0 Å². The Labute approximate surface area is 138 Å². The summed E-state index contributed by atoms with van der Waals surface area (Å²) < 4.78 is 57.1. The number of para-hydroxylation sites is 1. The van der Waals surface area contributed by atoms with Crippen molar-refractivity contribution in [3.05, 3.63) is 54.2 Å². The van der Waals surface area contributed by atoms with E-state index < -0.39 is 30.2 Å². The van der Waals surface area contributed by atoms with E-state index in [1.165, 1.54) is 30.6 Å². The highest BCUT2D eigenvalue weighted by Crippen LogP contribution is 2.28. The second-order valence-electron chi connectivity index (χ2n) is 4.94. The zero-order valence-corrected chi connectivity index (χ0v) is 12.4. The summed E-state index contributed by atoms with van der Waals surface area (Å²) in [6, 6.07) is 6.35. The number of hydrogen-bond donors (Lipinski definition) is 1. The summed E-state index contributed by atoms with van der Waals surface area (Å²) in [5.41, 5.74) is -0.995. The molecule has 3 rings (SSSR count). The molecule has 0 spiro atoms. The van der Waals surface area contributed by atoms with Crippen LogP contribution in [-0.2, 0) is 11.0 Å². The van der Waals surface area contributed by atoms with Crippen LogP contribution in [0.4, 0.5) is 23.2 Å². The van der Waals surface area contributed by atoms with E-state index >= 15 is 0 Å². The van der Waals surface area contributed by atoms with E-state index in [9.17, 15) is 22.4 Å². The first-order valence-corrected chi connectivity index (χ1v) is 6.93. The first-order chi connectivity index (χ1) is 11.8. The largest absolute Gasteiger partial charge is 0.481 e. The predicted molar refractivity (Wildman–Crippen MR) is 78.5 cm³/mol. The van der Waals surface area contributed by atoms with Gasteiger partial charge in [0.25, 0.3) is 5.91 Å². The average Bonchev–Trinajstić information content (AvgIpc) is 2.98. The third-order valence-electron chi connectivity index (χ3n) is 3.08. The van der Waals surface area contributed by atoms with Crippen molar-refractivity contribution in [2.24, 2.45) is 0 Å². The molecular weight excluding hydrogens is 344 g/mol. The van der Waals surface area contributed by atoms with E-state index in [0.29, 0.717) is 0 Å².